The molecule has 0 aromatic heterocycles. The third kappa shape index (κ3) is 6.55. The van der Waals surface area contributed by atoms with Gasteiger partial charge in [-0.3, -0.25) is 0 Å². The van der Waals surface area contributed by atoms with Gasteiger partial charge in [0.25, 0.3) is 0 Å². The summed E-state index contributed by atoms with van der Waals surface area (Å²) in [4.78, 5) is 28.4. The first-order chi connectivity index (χ1) is 13.2. The van der Waals surface area contributed by atoms with Crippen molar-refractivity contribution in [3.8, 4) is 0 Å². The van der Waals surface area contributed by atoms with Crippen LogP contribution in [0, 0.1) is 0 Å². The van der Waals surface area contributed by atoms with E-state index in [9.17, 15) is 14.7 Å². The van der Waals surface area contributed by atoms with Crippen molar-refractivity contribution in [1.82, 2.24) is 5.32 Å². The first-order valence-electron chi connectivity index (χ1n) is 8.79. The van der Waals surface area contributed by atoms with Crippen LogP contribution in [-0.4, -0.2) is 41.3 Å². The summed E-state index contributed by atoms with van der Waals surface area (Å²) in [6.07, 6.45) is -0.571. The molecule has 28 heavy (non-hydrogen) atoms. The minimum Gasteiger partial charge on any atom is -0.444 e. The largest absolute Gasteiger partial charge is 0.444 e. The van der Waals surface area contributed by atoms with Crippen molar-refractivity contribution in [2.45, 2.75) is 38.8 Å². The molecule has 0 aliphatic heterocycles. The summed E-state index contributed by atoms with van der Waals surface area (Å²) in [7, 11) is 0. The summed E-state index contributed by atoms with van der Waals surface area (Å²) in [5.41, 5.74) is 5.99. The van der Waals surface area contributed by atoms with Crippen LogP contribution in [0.5, 0.6) is 0 Å². The average molecular weight is 387 g/mol. The molecular formula is C20H25N3O5. The lowest BCUT2D eigenvalue weighted by molar-refractivity contribution is -0.147. The molecule has 2 rings (SSSR count). The smallest absolute Gasteiger partial charge is 0.408 e. The van der Waals surface area contributed by atoms with Crippen LogP contribution >= 0.6 is 0 Å². The Morgan fingerprint density at radius 2 is 1.86 bits per heavy atom. The van der Waals surface area contributed by atoms with Crippen molar-refractivity contribution in [1.29, 1.82) is 0 Å². The van der Waals surface area contributed by atoms with Crippen molar-refractivity contribution in [2.75, 3.05) is 6.61 Å². The van der Waals surface area contributed by atoms with Crippen molar-refractivity contribution >= 4 is 28.7 Å². The Balaban J connectivity index is 1.94. The van der Waals surface area contributed by atoms with Crippen LogP contribution in [0.2, 0.25) is 0 Å². The van der Waals surface area contributed by atoms with Gasteiger partial charge in [-0.05, 0) is 37.1 Å². The Bertz CT molecular complexity index is 874. The highest BCUT2D eigenvalue weighted by Gasteiger charge is 2.25. The van der Waals surface area contributed by atoms with Crippen molar-refractivity contribution in [3.05, 3.63) is 48.0 Å². The monoisotopic (exact) mass is 387 g/mol. The number of fused-ring (bicyclic) bond motifs is 1. The number of aliphatic hydroxyl groups excluding tert-OH is 1. The van der Waals surface area contributed by atoms with Crippen LogP contribution < -0.4 is 11.1 Å². The molecule has 0 bridgehead atoms. The number of amides is 1. The molecule has 1 atom stereocenters. The number of nitrogens with zero attached hydrogens (tertiary/aromatic N) is 1. The second-order valence-corrected chi connectivity index (χ2v) is 7.23. The van der Waals surface area contributed by atoms with Gasteiger partial charge < -0.3 is 25.7 Å². The SMILES string of the molecule is CC(C)(C)OC(=O)N[C@@H](CO)C(=O)O/N=C(\N)Cc1ccc2ccccc2c1. The van der Waals surface area contributed by atoms with Gasteiger partial charge in [0.15, 0.2) is 6.04 Å². The molecule has 0 radical (unpaired) electrons. The molecule has 2 aromatic rings. The summed E-state index contributed by atoms with van der Waals surface area (Å²) in [5, 5.41) is 17.3. The van der Waals surface area contributed by atoms with Crippen molar-refractivity contribution < 1.29 is 24.3 Å². The molecule has 8 nitrogen and oxygen atoms in total. The number of rotatable bonds is 6. The summed E-state index contributed by atoms with van der Waals surface area (Å²) in [6, 6.07) is 12.4. The summed E-state index contributed by atoms with van der Waals surface area (Å²) < 4.78 is 5.03. The van der Waals surface area contributed by atoms with Crippen LogP contribution in [0.1, 0.15) is 26.3 Å². The van der Waals surface area contributed by atoms with Gasteiger partial charge in [0.05, 0.1) is 6.61 Å². The van der Waals surface area contributed by atoms with Gasteiger partial charge in [-0.2, -0.15) is 0 Å². The predicted molar refractivity (Wildman–Crippen MR) is 106 cm³/mol. The van der Waals surface area contributed by atoms with E-state index in [1.807, 2.05) is 42.5 Å². The Morgan fingerprint density at radius 3 is 2.50 bits per heavy atom. The zero-order valence-electron chi connectivity index (χ0n) is 16.1. The van der Waals surface area contributed by atoms with Gasteiger partial charge in [-0.15, -0.1) is 0 Å². The van der Waals surface area contributed by atoms with E-state index in [1.54, 1.807) is 20.8 Å². The number of ether oxygens (including phenoxy) is 1. The van der Waals surface area contributed by atoms with E-state index >= 15 is 0 Å². The maximum absolute atomic E-state index is 12.0. The van der Waals surface area contributed by atoms with E-state index in [-0.39, 0.29) is 12.3 Å². The molecule has 0 saturated heterocycles. The zero-order valence-corrected chi connectivity index (χ0v) is 16.1. The quantitative estimate of drug-likeness (QED) is 0.302. The lowest BCUT2D eigenvalue weighted by Gasteiger charge is -2.21. The number of benzene rings is 2. The molecule has 0 unspecified atom stereocenters. The third-order valence-corrected chi connectivity index (χ3v) is 3.61. The third-order valence-electron chi connectivity index (χ3n) is 3.61. The summed E-state index contributed by atoms with van der Waals surface area (Å²) in [5.74, 6) is -0.868. The fourth-order valence-electron chi connectivity index (χ4n) is 2.39. The number of aliphatic hydroxyl groups is 1. The van der Waals surface area contributed by atoms with Crippen molar-refractivity contribution in [2.24, 2.45) is 10.9 Å². The number of oxime groups is 1. The first kappa shape index (κ1) is 21.2. The molecule has 0 aliphatic carbocycles. The molecule has 4 N–H and O–H groups in total. The number of alkyl carbamates (subject to hydrolysis) is 1. The Morgan fingerprint density at radius 1 is 1.18 bits per heavy atom. The molecule has 0 saturated carbocycles. The van der Waals surface area contributed by atoms with E-state index in [0.717, 1.165) is 16.3 Å². The van der Waals surface area contributed by atoms with Gasteiger partial charge in [0.2, 0.25) is 0 Å². The highest BCUT2D eigenvalue weighted by molar-refractivity contribution is 5.87. The molecule has 0 heterocycles. The number of amidine groups is 1. The topological polar surface area (TPSA) is 123 Å². The van der Waals surface area contributed by atoms with E-state index < -0.39 is 30.3 Å². The van der Waals surface area contributed by atoms with Crippen LogP contribution in [0.15, 0.2) is 47.6 Å². The van der Waals surface area contributed by atoms with Crippen LogP contribution in [0.4, 0.5) is 4.79 Å². The van der Waals surface area contributed by atoms with Gasteiger partial charge in [-0.25, -0.2) is 9.59 Å². The lowest BCUT2D eigenvalue weighted by atomic mass is 10.1. The molecule has 2 aromatic carbocycles. The van der Waals surface area contributed by atoms with Gasteiger partial charge in [0.1, 0.15) is 11.4 Å². The van der Waals surface area contributed by atoms with E-state index in [2.05, 4.69) is 10.5 Å². The second kappa shape index (κ2) is 9.18. The van der Waals surface area contributed by atoms with Crippen molar-refractivity contribution in [3.63, 3.8) is 0 Å². The minimum absolute atomic E-state index is 0.0811. The lowest BCUT2D eigenvalue weighted by Crippen LogP contribution is -2.46. The Kier molecular flexibility index (Phi) is 6.94. The van der Waals surface area contributed by atoms with Crippen LogP contribution in [-0.2, 0) is 20.8 Å². The fraction of sp³-hybridized carbons (Fsp3) is 0.350. The fourth-order valence-corrected chi connectivity index (χ4v) is 2.39. The standard InChI is InChI=1S/C20H25N3O5/c1-20(2,3)27-19(26)22-16(12-24)18(25)28-23-17(21)11-13-8-9-14-6-4-5-7-15(14)10-13/h4-10,16,24H,11-12H2,1-3H3,(H2,21,23)(H,22,26)/t16-/m0/s1. The molecule has 0 spiro atoms. The van der Waals surface area contributed by atoms with Gasteiger partial charge in [-0.1, -0.05) is 47.6 Å². The molecule has 1 amide bonds. The summed E-state index contributed by atoms with van der Waals surface area (Å²) >= 11 is 0. The maximum atomic E-state index is 12.0. The molecule has 0 aliphatic rings. The highest BCUT2D eigenvalue weighted by atomic mass is 16.7. The van der Waals surface area contributed by atoms with Crippen LogP contribution in [0.25, 0.3) is 10.8 Å². The molecular weight excluding hydrogens is 362 g/mol. The van der Waals surface area contributed by atoms with Gasteiger partial charge in [0, 0.05) is 6.42 Å². The highest BCUT2D eigenvalue weighted by Crippen LogP contribution is 2.16. The molecule has 0 fully saturated rings. The summed E-state index contributed by atoms with van der Waals surface area (Å²) in [6.45, 7) is 4.36. The maximum Gasteiger partial charge on any atom is 0.408 e. The number of nitrogens with one attached hydrogen (secondary N) is 1. The predicted octanol–water partition coefficient (Wildman–Crippen LogP) is 2.08. The number of carbonyl (C=O) groups is 2. The van der Waals surface area contributed by atoms with Crippen LogP contribution in [0.3, 0.4) is 0 Å². The number of carbonyl (C=O) groups excluding carboxylic acids is 2. The van der Waals surface area contributed by atoms with E-state index in [1.165, 1.54) is 0 Å². The average Bonchev–Trinajstić information content (AvgIpc) is 2.62. The second-order valence-electron chi connectivity index (χ2n) is 7.23. The number of hydrogen-bond acceptors (Lipinski definition) is 6. The molecule has 8 heteroatoms. The Hall–Kier alpha value is -3.13. The van der Waals surface area contributed by atoms with E-state index in [4.69, 9.17) is 15.3 Å². The molecule has 150 valence electrons. The first-order valence-corrected chi connectivity index (χ1v) is 8.79. The Labute approximate surface area is 163 Å². The van der Waals surface area contributed by atoms with Gasteiger partial charge >= 0.3 is 12.1 Å². The normalized spacial score (nSPS) is 13.1. The zero-order chi connectivity index (χ0) is 20.7. The number of nitrogens with two attached hydrogens (primary N) is 1. The number of hydrogen-bond donors (Lipinski definition) is 3. The minimum atomic E-state index is -1.31. The van der Waals surface area contributed by atoms with E-state index in [0.29, 0.717) is 0 Å².